The average molecular weight is 352 g/mol. The topological polar surface area (TPSA) is 0 Å². The number of alkyl halides is 3. The Bertz CT molecular complexity index is 515. The van der Waals surface area contributed by atoms with Gasteiger partial charge in [-0.3, -0.25) is 0 Å². The molecule has 1 aromatic carbocycles. The molecule has 0 aromatic heterocycles. The summed E-state index contributed by atoms with van der Waals surface area (Å²) in [6.45, 7) is 2.32. The molecule has 2 aliphatic rings. The van der Waals surface area contributed by atoms with E-state index in [0.717, 1.165) is 17.8 Å². The van der Waals surface area contributed by atoms with Crippen LogP contribution in [-0.4, -0.2) is 6.18 Å². The number of rotatable bonds is 4. The van der Waals surface area contributed by atoms with Gasteiger partial charge >= 0.3 is 6.18 Å². The summed E-state index contributed by atoms with van der Waals surface area (Å²) in [4.78, 5) is 0. The predicted octanol–water partition coefficient (Wildman–Crippen LogP) is 7.28. The Morgan fingerprint density at radius 1 is 0.800 bits per heavy atom. The van der Waals surface area contributed by atoms with Crippen LogP contribution < -0.4 is 0 Å². The lowest BCUT2D eigenvalue weighted by molar-refractivity contribution is -0.127. The van der Waals surface area contributed by atoms with Crippen molar-refractivity contribution in [2.75, 3.05) is 0 Å². The third-order valence-electron chi connectivity index (χ3n) is 6.76. The third-order valence-corrected chi connectivity index (χ3v) is 6.76. The molecule has 0 saturated heterocycles. The second-order valence-corrected chi connectivity index (χ2v) is 8.33. The van der Waals surface area contributed by atoms with Crippen LogP contribution in [0, 0.1) is 17.8 Å². The summed E-state index contributed by atoms with van der Waals surface area (Å²) in [5.74, 6) is 3.32. The Labute approximate surface area is 150 Å². The fourth-order valence-electron chi connectivity index (χ4n) is 5.13. The number of hydrogen-bond acceptors (Lipinski definition) is 0. The Morgan fingerprint density at radius 3 is 1.80 bits per heavy atom. The fraction of sp³-hybridized carbons (Fsp3) is 0.727. The molecule has 0 unspecified atom stereocenters. The summed E-state index contributed by atoms with van der Waals surface area (Å²) < 4.78 is 37.4. The van der Waals surface area contributed by atoms with Crippen LogP contribution in [0.4, 0.5) is 13.2 Å². The predicted molar refractivity (Wildman–Crippen MR) is 96.6 cm³/mol. The Morgan fingerprint density at radius 2 is 1.32 bits per heavy atom. The Hall–Kier alpha value is -0.990. The molecule has 0 atom stereocenters. The molecule has 0 aliphatic heterocycles. The highest BCUT2D eigenvalue weighted by molar-refractivity contribution is 5.26. The zero-order chi connectivity index (χ0) is 17.9. The molecule has 1 aromatic rings. The fourth-order valence-corrected chi connectivity index (χ4v) is 5.13. The molecule has 0 heterocycles. The molecule has 3 heteroatoms. The maximum atomic E-state index is 12.5. The van der Waals surface area contributed by atoms with Crippen LogP contribution in [-0.2, 0) is 6.42 Å². The third kappa shape index (κ3) is 5.24. The lowest BCUT2D eigenvalue weighted by atomic mass is 9.68. The quantitative estimate of drug-likeness (QED) is 0.534. The monoisotopic (exact) mass is 352 g/mol. The number of halogens is 3. The van der Waals surface area contributed by atoms with Gasteiger partial charge < -0.3 is 0 Å². The molecule has 0 nitrogen and oxygen atoms in total. The minimum absolute atomic E-state index is 0.373. The first kappa shape index (κ1) is 18.8. The molecule has 0 N–H and O–H groups in total. The highest BCUT2D eigenvalue weighted by atomic mass is 19.4. The van der Waals surface area contributed by atoms with Crippen molar-refractivity contribution < 1.29 is 13.2 Å². The first-order valence-electron chi connectivity index (χ1n) is 10.1. The van der Waals surface area contributed by atoms with E-state index >= 15 is 0 Å². The second kappa shape index (κ2) is 8.14. The SMILES string of the molecule is CC[C@H]1CC[C@H](C2CCC(c3ccc(CC(F)(F)F)cc3)CC2)CC1. The summed E-state index contributed by atoms with van der Waals surface area (Å²) in [6.07, 6.45) is 7.09. The van der Waals surface area contributed by atoms with Gasteiger partial charge in [0.15, 0.2) is 0 Å². The first-order chi connectivity index (χ1) is 11.9. The average Bonchev–Trinajstić information content (AvgIpc) is 2.61. The van der Waals surface area contributed by atoms with Crippen LogP contribution in [0.2, 0.25) is 0 Å². The molecule has 0 amide bonds. The highest BCUT2D eigenvalue weighted by Gasteiger charge is 2.31. The zero-order valence-electron chi connectivity index (χ0n) is 15.3. The number of benzene rings is 1. The van der Waals surface area contributed by atoms with Crippen molar-refractivity contribution in [3.05, 3.63) is 35.4 Å². The molecular formula is C22H31F3. The lowest BCUT2D eigenvalue weighted by Gasteiger charge is -2.38. The van der Waals surface area contributed by atoms with Gasteiger partial charge in [-0.2, -0.15) is 13.2 Å². The van der Waals surface area contributed by atoms with E-state index < -0.39 is 12.6 Å². The largest absolute Gasteiger partial charge is 0.393 e. The van der Waals surface area contributed by atoms with Crippen LogP contribution in [0.5, 0.6) is 0 Å². The van der Waals surface area contributed by atoms with Gasteiger partial charge in [0, 0.05) is 0 Å². The smallest absolute Gasteiger partial charge is 0.171 e. The summed E-state index contributed by atoms with van der Waals surface area (Å²) >= 11 is 0. The molecule has 0 spiro atoms. The van der Waals surface area contributed by atoms with Gasteiger partial charge in [-0.15, -0.1) is 0 Å². The molecular weight excluding hydrogens is 321 g/mol. The molecule has 3 rings (SSSR count). The van der Waals surface area contributed by atoms with Crippen molar-refractivity contribution in [3.63, 3.8) is 0 Å². The standard InChI is InChI=1S/C22H31F3/c1-2-16-3-7-18(8-4-16)20-11-13-21(14-12-20)19-9-5-17(6-10-19)15-22(23,24)25/h5-6,9-10,16,18,20-21H,2-4,7-8,11-15H2,1H3/t16-,18-,20?,21?. The van der Waals surface area contributed by atoms with Crippen molar-refractivity contribution in [3.8, 4) is 0 Å². The van der Waals surface area contributed by atoms with Gasteiger partial charge in [0.2, 0.25) is 0 Å². The van der Waals surface area contributed by atoms with Gasteiger partial charge in [-0.05, 0) is 73.3 Å². The van der Waals surface area contributed by atoms with Crippen LogP contribution in [0.1, 0.15) is 81.8 Å². The van der Waals surface area contributed by atoms with Crippen molar-refractivity contribution in [2.45, 2.75) is 83.2 Å². The minimum atomic E-state index is -4.11. The van der Waals surface area contributed by atoms with Crippen molar-refractivity contribution in [1.29, 1.82) is 0 Å². The molecule has 2 aliphatic carbocycles. The lowest BCUT2D eigenvalue weighted by Crippen LogP contribution is -2.25. The van der Waals surface area contributed by atoms with Crippen LogP contribution in [0.25, 0.3) is 0 Å². The summed E-state index contributed by atoms with van der Waals surface area (Å²) in [5, 5.41) is 0. The first-order valence-corrected chi connectivity index (χ1v) is 10.1. The van der Waals surface area contributed by atoms with Crippen molar-refractivity contribution in [2.24, 2.45) is 17.8 Å². The summed E-state index contributed by atoms with van der Waals surface area (Å²) in [6, 6.07) is 7.19. The molecule has 2 fully saturated rings. The zero-order valence-corrected chi connectivity index (χ0v) is 15.3. The molecule has 0 bridgehead atoms. The van der Waals surface area contributed by atoms with E-state index in [9.17, 15) is 13.2 Å². The van der Waals surface area contributed by atoms with E-state index in [0.29, 0.717) is 11.5 Å². The van der Waals surface area contributed by atoms with E-state index in [1.165, 1.54) is 63.4 Å². The maximum Gasteiger partial charge on any atom is 0.393 e. The normalized spacial score (nSPS) is 31.0. The highest BCUT2D eigenvalue weighted by Crippen LogP contribution is 2.44. The molecule has 0 radical (unpaired) electrons. The van der Waals surface area contributed by atoms with E-state index in [1.807, 2.05) is 12.1 Å². The number of hydrogen-bond donors (Lipinski definition) is 0. The van der Waals surface area contributed by atoms with Crippen molar-refractivity contribution in [1.82, 2.24) is 0 Å². The minimum Gasteiger partial charge on any atom is -0.171 e. The Balaban J connectivity index is 1.49. The second-order valence-electron chi connectivity index (χ2n) is 8.33. The van der Waals surface area contributed by atoms with Crippen LogP contribution in [0.3, 0.4) is 0 Å². The van der Waals surface area contributed by atoms with Gasteiger partial charge in [0.25, 0.3) is 0 Å². The van der Waals surface area contributed by atoms with Crippen LogP contribution in [0.15, 0.2) is 24.3 Å². The van der Waals surface area contributed by atoms with Crippen molar-refractivity contribution >= 4 is 0 Å². The maximum absolute atomic E-state index is 12.5. The van der Waals surface area contributed by atoms with Gasteiger partial charge in [-0.1, -0.05) is 50.5 Å². The summed E-state index contributed by atoms with van der Waals surface area (Å²) in [5.41, 5.74) is 1.61. The van der Waals surface area contributed by atoms with E-state index in [4.69, 9.17) is 0 Å². The molecule has 2 saturated carbocycles. The Kier molecular flexibility index (Phi) is 6.12. The van der Waals surface area contributed by atoms with Gasteiger partial charge in [0.1, 0.15) is 0 Å². The van der Waals surface area contributed by atoms with Gasteiger partial charge in [0.05, 0.1) is 6.42 Å². The van der Waals surface area contributed by atoms with Gasteiger partial charge in [-0.25, -0.2) is 0 Å². The van der Waals surface area contributed by atoms with Crippen LogP contribution >= 0.6 is 0 Å². The van der Waals surface area contributed by atoms with E-state index in [-0.39, 0.29) is 0 Å². The summed E-state index contributed by atoms with van der Waals surface area (Å²) in [7, 11) is 0. The van der Waals surface area contributed by atoms with E-state index in [2.05, 4.69) is 6.92 Å². The molecule has 25 heavy (non-hydrogen) atoms. The van der Waals surface area contributed by atoms with E-state index in [1.54, 1.807) is 12.1 Å². The molecule has 140 valence electrons.